The highest BCUT2D eigenvalue weighted by atomic mass is 32.2. The second-order valence-corrected chi connectivity index (χ2v) is 5.26. The van der Waals surface area contributed by atoms with E-state index in [2.05, 4.69) is 15.2 Å². The highest BCUT2D eigenvalue weighted by Crippen LogP contribution is 2.35. The Hall–Kier alpha value is -1.04. The van der Waals surface area contributed by atoms with E-state index in [1.807, 2.05) is 0 Å². The van der Waals surface area contributed by atoms with E-state index in [4.69, 9.17) is 0 Å². The summed E-state index contributed by atoms with van der Waals surface area (Å²) in [6.07, 6.45) is 6.44. The maximum absolute atomic E-state index is 11.2. The third-order valence-corrected chi connectivity index (χ3v) is 4.21. The van der Waals surface area contributed by atoms with Gasteiger partial charge in [-0.1, -0.05) is 31.0 Å². The van der Waals surface area contributed by atoms with Crippen molar-refractivity contribution in [2.75, 3.05) is 0 Å². The fourth-order valence-electron chi connectivity index (χ4n) is 2.09. The van der Waals surface area contributed by atoms with Crippen LogP contribution in [-0.4, -0.2) is 31.5 Å². The first-order valence-electron chi connectivity index (χ1n) is 5.52. The van der Waals surface area contributed by atoms with Gasteiger partial charge in [0.25, 0.3) is 0 Å². The summed E-state index contributed by atoms with van der Waals surface area (Å²) in [5.74, 6) is -0.934. The van der Waals surface area contributed by atoms with Gasteiger partial charge in [0.05, 0.1) is 5.92 Å². The Balaban J connectivity index is 2.05. The second kappa shape index (κ2) is 5.34. The molecular weight excluding hydrogens is 226 g/mol. The Morgan fingerprint density at radius 1 is 1.44 bits per heavy atom. The molecule has 1 saturated carbocycles. The summed E-state index contributed by atoms with van der Waals surface area (Å²) >= 11 is 1.51. The number of nitrogens with one attached hydrogen (secondary N) is 1. The normalized spacial score (nSPS) is 26.2. The average Bonchev–Trinajstić information content (AvgIpc) is 2.63. The lowest BCUT2D eigenvalue weighted by Gasteiger charge is -2.19. The number of aromatic amines is 1. The van der Waals surface area contributed by atoms with Crippen molar-refractivity contribution in [1.29, 1.82) is 0 Å². The molecule has 5 nitrogen and oxygen atoms in total. The molecule has 0 saturated heterocycles. The van der Waals surface area contributed by atoms with Gasteiger partial charge in [-0.2, -0.15) is 5.10 Å². The van der Waals surface area contributed by atoms with Crippen LogP contribution >= 0.6 is 11.8 Å². The van der Waals surface area contributed by atoms with Crippen molar-refractivity contribution in [3.63, 3.8) is 0 Å². The molecule has 2 atom stereocenters. The smallest absolute Gasteiger partial charge is 0.307 e. The summed E-state index contributed by atoms with van der Waals surface area (Å²) in [4.78, 5) is 15.2. The molecule has 0 amide bonds. The molecule has 1 fully saturated rings. The number of rotatable bonds is 3. The highest BCUT2D eigenvalue weighted by Gasteiger charge is 2.30. The summed E-state index contributed by atoms with van der Waals surface area (Å²) in [6.45, 7) is 0. The van der Waals surface area contributed by atoms with Gasteiger partial charge in [0.1, 0.15) is 6.33 Å². The van der Waals surface area contributed by atoms with Crippen LogP contribution in [0.5, 0.6) is 0 Å². The summed E-state index contributed by atoms with van der Waals surface area (Å²) in [5, 5.41) is 16.6. The van der Waals surface area contributed by atoms with E-state index < -0.39 is 5.97 Å². The first kappa shape index (κ1) is 11.4. The van der Waals surface area contributed by atoms with Gasteiger partial charge in [-0.25, -0.2) is 4.98 Å². The quantitative estimate of drug-likeness (QED) is 0.790. The molecule has 0 aromatic carbocycles. The Kier molecular flexibility index (Phi) is 3.82. The van der Waals surface area contributed by atoms with Crippen molar-refractivity contribution >= 4 is 17.7 Å². The Morgan fingerprint density at radius 2 is 2.25 bits per heavy atom. The lowest BCUT2D eigenvalue weighted by atomic mass is 10.0. The van der Waals surface area contributed by atoms with Crippen molar-refractivity contribution in [3.8, 4) is 0 Å². The molecule has 1 aliphatic carbocycles. The SMILES string of the molecule is O=C(O)C1CCCCCC1Sc1ncn[nH]1. The van der Waals surface area contributed by atoms with Crippen molar-refractivity contribution in [3.05, 3.63) is 6.33 Å². The van der Waals surface area contributed by atoms with Gasteiger partial charge in [0.15, 0.2) is 5.16 Å². The molecule has 16 heavy (non-hydrogen) atoms. The lowest BCUT2D eigenvalue weighted by molar-refractivity contribution is -0.141. The third kappa shape index (κ3) is 2.75. The van der Waals surface area contributed by atoms with E-state index in [1.165, 1.54) is 18.1 Å². The molecule has 1 heterocycles. The molecular formula is C10H15N3O2S. The third-order valence-electron chi connectivity index (χ3n) is 2.93. The van der Waals surface area contributed by atoms with Crippen LogP contribution < -0.4 is 0 Å². The first-order chi connectivity index (χ1) is 7.77. The van der Waals surface area contributed by atoms with Crippen LogP contribution in [0.1, 0.15) is 32.1 Å². The lowest BCUT2D eigenvalue weighted by Crippen LogP contribution is -2.24. The van der Waals surface area contributed by atoms with Crippen molar-refractivity contribution in [2.24, 2.45) is 5.92 Å². The molecule has 1 aliphatic rings. The van der Waals surface area contributed by atoms with Crippen LogP contribution in [0, 0.1) is 5.92 Å². The van der Waals surface area contributed by atoms with Gasteiger partial charge in [0, 0.05) is 5.25 Å². The minimum Gasteiger partial charge on any atom is -0.481 e. The van der Waals surface area contributed by atoms with Gasteiger partial charge in [-0.05, 0) is 12.8 Å². The van der Waals surface area contributed by atoms with Gasteiger partial charge in [-0.3, -0.25) is 9.89 Å². The summed E-state index contributed by atoms with van der Waals surface area (Å²) in [5.41, 5.74) is 0. The number of carboxylic acids is 1. The molecule has 0 aliphatic heterocycles. The summed E-state index contributed by atoms with van der Waals surface area (Å²) in [6, 6.07) is 0. The minimum atomic E-state index is -0.682. The number of carbonyl (C=O) groups is 1. The van der Waals surface area contributed by atoms with Gasteiger partial charge < -0.3 is 5.11 Å². The van der Waals surface area contributed by atoms with Crippen LogP contribution in [0.25, 0.3) is 0 Å². The van der Waals surface area contributed by atoms with E-state index in [1.54, 1.807) is 0 Å². The van der Waals surface area contributed by atoms with Crippen molar-refractivity contribution in [2.45, 2.75) is 42.5 Å². The zero-order valence-corrected chi connectivity index (χ0v) is 9.74. The Bertz CT molecular complexity index is 342. The molecule has 2 unspecified atom stereocenters. The monoisotopic (exact) mass is 241 g/mol. The number of thioether (sulfide) groups is 1. The zero-order valence-electron chi connectivity index (χ0n) is 8.93. The maximum atomic E-state index is 11.2. The van der Waals surface area contributed by atoms with Crippen LogP contribution in [0.3, 0.4) is 0 Å². The van der Waals surface area contributed by atoms with Crippen LogP contribution in [-0.2, 0) is 4.79 Å². The van der Waals surface area contributed by atoms with E-state index in [9.17, 15) is 9.90 Å². The molecule has 0 bridgehead atoms. The molecule has 6 heteroatoms. The van der Waals surface area contributed by atoms with Crippen LogP contribution in [0.2, 0.25) is 0 Å². The number of H-pyrrole nitrogens is 1. The number of hydrogen-bond donors (Lipinski definition) is 2. The molecule has 1 aromatic rings. The molecule has 2 rings (SSSR count). The minimum absolute atomic E-state index is 0.118. The van der Waals surface area contributed by atoms with Crippen molar-refractivity contribution < 1.29 is 9.90 Å². The fourth-order valence-corrected chi connectivity index (χ4v) is 3.29. The number of carboxylic acid groups (broad SMARTS) is 1. The fraction of sp³-hybridized carbons (Fsp3) is 0.700. The predicted octanol–water partition coefficient (Wildman–Crippen LogP) is 1.93. The molecule has 1 aromatic heterocycles. The summed E-state index contributed by atoms with van der Waals surface area (Å²) in [7, 11) is 0. The van der Waals surface area contributed by atoms with Crippen LogP contribution in [0.4, 0.5) is 0 Å². The average molecular weight is 241 g/mol. The van der Waals surface area contributed by atoms with E-state index in [0.29, 0.717) is 0 Å². The first-order valence-corrected chi connectivity index (χ1v) is 6.40. The molecule has 0 spiro atoms. The summed E-state index contributed by atoms with van der Waals surface area (Å²) < 4.78 is 0. The highest BCUT2D eigenvalue weighted by molar-refractivity contribution is 7.99. The predicted molar refractivity (Wildman–Crippen MR) is 60.2 cm³/mol. The molecule has 88 valence electrons. The van der Waals surface area contributed by atoms with Crippen molar-refractivity contribution in [1.82, 2.24) is 15.2 Å². The van der Waals surface area contributed by atoms with Gasteiger partial charge >= 0.3 is 5.97 Å². The molecule has 0 radical (unpaired) electrons. The number of aromatic nitrogens is 3. The standard InChI is InChI=1S/C10H15N3O2S/c14-9(15)7-4-2-1-3-5-8(7)16-10-11-6-12-13-10/h6-8H,1-5H2,(H,14,15)(H,11,12,13). The molecule has 2 N–H and O–H groups in total. The number of nitrogens with zero attached hydrogens (tertiary/aromatic N) is 2. The van der Waals surface area contributed by atoms with E-state index >= 15 is 0 Å². The van der Waals surface area contributed by atoms with Crippen LogP contribution in [0.15, 0.2) is 11.5 Å². The number of aliphatic carboxylic acids is 1. The van der Waals surface area contributed by atoms with E-state index in [0.717, 1.165) is 37.3 Å². The number of hydrogen-bond acceptors (Lipinski definition) is 4. The zero-order chi connectivity index (χ0) is 11.4. The second-order valence-electron chi connectivity index (χ2n) is 4.03. The Morgan fingerprint density at radius 3 is 2.94 bits per heavy atom. The van der Waals surface area contributed by atoms with E-state index in [-0.39, 0.29) is 11.2 Å². The largest absolute Gasteiger partial charge is 0.481 e. The van der Waals surface area contributed by atoms with Gasteiger partial charge in [-0.15, -0.1) is 0 Å². The topological polar surface area (TPSA) is 78.9 Å². The Labute approximate surface area is 98.0 Å². The van der Waals surface area contributed by atoms with Gasteiger partial charge in [0.2, 0.25) is 0 Å². The maximum Gasteiger partial charge on any atom is 0.307 e.